The van der Waals surface area contributed by atoms with E-state index in [1.807, 2.05) is 0 Å². The molecule has 3 unspecified atom stereocenters. The van der Waals surface area contributed by atoms with Gasteiger partial charge in [0.2, 0.25) is 0 Å². The van der Waals surface area contributed by atoms with Crippen molar-refractivity contribution >= 4 is 0 Å². The molecule has 0 amide bonds. The van der Waals surface area contributed by atoms with Gasteiger partial charge in [-0.3, -0.25) is 0 Å². The summed E-state index contributed by atoms with van der Waals surface area (Å²) in [5.74, 6) is 2.47. The van der Waals surface area contributed by atoms with E-state index in [0.29, 0.717) is 6.10 Å². The molecule has 1 saturated heterocycles. The molecule has 3 rings (SSSR count). The van der Waals surface area contributed by atoms with Crippen LogP contribution in [0.15, 0.2) is 30.3 Å². The van der Waals surface area contributed by atoms with E-state index in [0.717, 1.165) is 24.4 Å². The van der Waals surface area contributed by atoms with Crippen molar-refractivity contribution in [2.75, 3.05) is 0 Å². The van der Waals surface area contributed by atoms with E-state index in [-0.39, 0.29) is 11.1 Å². The minimum atomic E-state index is 0.254. The summed E-state index contributed by atoms with van der Waals surface area (Å²) in [6.07, 6.45) is 13.9. The minimum Gasteiger partial charge on any atom is -0.373 e. The Labute approximate surface area is 186 Å². The monoisotopic (exact) mass is 413 g/mol. The van der Waals surface area contributed by atoms with Crippen LogP contribution in [0.3, 0.4) is 0 Å². The topological polar surface area (TPSA) is 21.3 Å². The fourth-order valence-electron chi connectivity index (χ4n) is 6.57. The molecule has 0 bridgehead atoms. The van der Waals surface area contributed by atoms with Crippen LogP contribution >= 0.6 is 0 Å². The fourth-order valence-corrected chi connectivity index (χ4v) is 6.57. The number of ether oxygens (including phenoxy) is 1. The summed E-state index contributed by atoms with van der Waals surface area (Å²) in [6, 6.07) is 10.7. The van der Waals surface area contributed by atoms with Crippen LogP contribution in [-0.4, -0.2) is 17.2 Å². The van der Waals surface area contributed by atoms with Gasteiger partial charge in [0, 0.05) is 11.1 Å². The van der Waals surface area contributed by atoms with Crippen molar-refractivity contribution in [3.63, 3.8) is 0 Å². The summed E-state index contributed by atoms with van der Waals surface area (Å²) < 4.78 is 6.54. The number of unbranched alkanes of at least 4 members (excludes halogenated alkanes) is 3. The molecule has 3 atom stereocenters. The number of rotatable bonds is 9. The highest BCUT2D eigenvalue weighted by Gasteiger charge is 2.43. The average Bonchev–Trinajstić information content (AvgIpc) is 2.68. The zero-order chi connectivity index (χ0) is 21.6. The third kappa shape index (κ3) is 7.09. The zero-order valence-electron chi connectivity index (χ0n) is 20.4. The zero-order valence-corrected chi connectivity index (χ0v) is 20.4. The number of piperidine rings is 1. The third-order valence-corrected chi connectivity index (χ3v) is 7.58. The first kappa shape index (κ1) is 23.8. The van der Waals surface area contributed by atoms with Crippen LogP contribution < -0.4 is 5.32 Å². The highest BCUT2D eigenvalue weighted by Crippen LogP contribution is 2.45. The largest absolute Gasteiger partial charge is 0.373 e. The van der Waals surface area contributed by atoms with Crippen LogP contribution in [0.5, 0.6) is 0 Å². The fraction of sp³-hybridized carbons (Fsp3) is 0.786. The predicted molar refractivity (Wildman–Crippen MR) is 129 cm³/mol. The van der Waals surface area contributed by atoms with Gasteiger partial charge in [0.05, 0.1) is 12.7 Å². The predicted octanol–water partition coefficient (Wildman–Crippen LogP) is 7.52. The van der Waals surface area contributed by atoms with Gasteiger partial charge in [-0.15, -0.1) is 0 Å². The lowest BCUT2D eigenvalue weighted by atomic mass is 9.64. The lowest BCUT2D eigenvalue weighted by molar-refractivity contribution is -0.0500. The van der Waals surface area contributed by atoms with Crippen molar-refractivity contribution in [1.29, 1.82) is 0 Å². The molecule has 0 radical (unpaired) electrons. The van der Waals surface area contributed by atoms with E-state index in [9.17, 15) is 0 Å². The molecule has 0 spiro atoms. The molecule has 170 valence electrons. The minimum absolute atomic E-state index is 0.254. The Morgan fingerprint density at radius 3 is 2.27 bits per heavy atom. The SMILES string of the molecule is CCCCCCC1CC(C2CC(C)(C)NC(C)(C)C2)CCC1OCc1ccccc1. The summed E-state index contributed by atoms with van der Waals surface area (Å²) >= 11 is 0. The Balaban J connectivity index is 1.62. The molecule has 30 heavy (non-hydrogen) atoms. The molecule has 1 heterocycles. The van der Waals surface area contributed by atoms with Crippen LogP contribution in [0.2, 0.25) is 0 Å². The van der Waals surface area contributed by atoms with Crippen LogP contribution in [0.25, 0.3) is 0 Å². The molecular weight excluding hydrogens is 366 g/mol. The first-order valence-corrected chi connectivity index (χ1v) is 12.7. The van der Waals surface area contributed by atoms with Crippen LogP contribution in [-0.2, 0) is 11.3 Å². The van der Waals surface area contributed by atoms with Gasteiger partial charge >= 0.3 is 0 Å². The number of hydrogen-bond donors (Lipinski definition) is 1. The molecule has 1 aliphatic carbocycles. The van der Waals surface area contributed by atoms with Gasteiger partial charge in [-0.05, 0) is 89.5 Å². The number of nitrogens with one attached hydrogen (secondary N) is 1. The maximum atomic E-state index is 6.54. The van der Waals surface area contributed by atoms with E-state index in [1.165, 1.54) is 69.8 Å². The third-order valence-electron chi connectivity index (χ3n) is 7.58. The molecule has 1 aromatic carbocycles. The molecule has 1 saturated carbocycles. The number of benzene rings is 1. The van der Waals surface area contributed by atoms with E-state index < -0.39 is 0 Å². The lowest BCUT2D eigenvalue weighted by Crippen LogP contribution is -2.59. The average molecular weight is 414 g/mol. The summed E-state index contributed by atoms with van der Waals surface area (Å²) in [5, 5.41) is 3.88. The normalized spacial score (nSPS) is 29.0. The van der Waals surface area contributed by atoms with E-state index >= 15 is 0 Å². The second-order valence-corrected chi connectivity index (χ2v) is 11.6. The Bertz CT molecular complexity index is 607. The summed E-state index contributed by atoms with van der Waals surface area (Å²) in [4.78, 5) is 0. The second kappa shape index (κ2) is 10.6. The standard InChI is InChI=1S/C28H47NO/c1-6-7-8-12-15-24-18-23(25-19-27(2,3)29-28(4,5)20-25)16-17-26(24)30-21-22-13-10-9-11-14-22/h9-11,13-14,23-26,29H,6-8,12,15-21H2,1-5H3. The van der Waals surface area contributed by atoms with Gasteiger partial charge in [-0.2, -0.15) is 0 Å². The Hall–Kier alpha value is -0.860. The van der Waals surface area contributed by atoms with Gasteiger partial charge in [-0.25, -0.2) is 0 Å². The van der Waals surface area contributed by atoms with Gasteiger partial charge in [0.15, 0.2) is 0 Å². The van der Waals surface area contributed by atoms with E-state index in [4.69, 9.17) is 4.74 Å². The van der Waals surface area contributed by atoms with Crippen molar-refractivity contribution in [2.24, 2.45) is 17.8 Å². The van der Waals surface area contributed by atoms with Crippen LogP contribution in [0.1, 0.15) is 104 Å². The maximum absolute atomic E-state index is 6.54. The molecule has 2 fully saturated rings. The summed E-state index contributed by atoms with van der Waals surface area (Å²) in [7, 11) is 0. The van der Waals surface area contributed by atoms with E-state index in [1.54, 1.807) is 0 Å². The smallest absolute Gasteiger partial charge is 0.0720 e. The molecule has 1 N–H and O–H groups in total. The Morgan fingerprint density at radius 2 is 1.60 bits per heavy atom. The van der Waals surface area contributed by atoms with Crippen molar-refractivity contribution in [2.45, 2.75) is 123 Å². The summed E-state index contributed by atoms with van der Waals surface area (Å²) in [6.45, 7) is 12.7. The maximum Gasteiger partial charge on any atom is 0.0720 e. The molecule has 2 nitrogen and oxygen atoms in total. The first-order chi connectivity index (χ1) is 14.3. The quantitative estimate of drug-likeness (QED) is 0.423. The Kier molecular flexibility index (Phi) is 8.44. The van der Waals surface area contributed by atoms with Gasteiger partial charge in [0.1, 0.15) is 0 Å². The van der Waals surface area contributed by atoms with Gasteiger partial charge in [0.25, 0.3) is 0 Å². The molecule has 0 aromatic heterocycles. The summed E-state index contributed by atoms with van der Waals surface area (Å²) in [5.41, 5.74) is 1.82. The highest BCUT2D eigenvalue weighted by atomic mass is 16.5. The first-order valence-electron chi connectivity index (χ1n) is 12.7. The highest BCUT2D eigenvalue weighted by molar-refractivity contribution is 5.13. The molecule has 2 heteroatoms. The van der Waals surface area contributed by atoms with Gasteiger partial charge < -0.3 is 10.1 Å². The van der Waals surface area contributed by atoms with Crippen molar-refractivity contribution in [1.82, 2.24) is 5.32 Å². The molecule has 1 aliphatic heterocycles. The Morgan fingerprint density at radius 1 is 0.900 bits per heavy atom. The van der Waals surface area contributed by atoms with Crippen molar-refractivity contribution in [3.05, 3.63) is 35.9 Å². The van der Waals surface area contributed by atoms with E-state index in [2.05, 4.69) is 70.3 Å². The van der Waals surface area contributed by atoms with Gasteiger partial charge in [-0.1, -0.05) is 62.9 Å². The molecular formula is C28H47NO. The molecule has 2 aliphatic rings. The van der Waals surface area contributed by atoms with Crippen molar-refractivity contribution < 1.29 is 4.74 Å². The second-order valence-electron chi connectivity index (χ2n) is 11.6. The lowest BCUT2D eigenvalue weighted by Gasteiger charge is -2.50. The van der Waals surface area contributed by atoms with Crippen LogP contribution in [0, 0.1) is 17.8 Å². The molecule has 1 aromatic rings. The van der Waals surface area contributed by atoms with Crippen molar-refractivity contribution in [3.8, 4) is 0 Å². The van der Waals surface area contributed by atoms with Crippen LogP contribution in [0.4, 0.5) is 0 Å². The number of hydrogen-bond acceptors (Lipinski definition) is 2.